The summed E-state index contributed by atoms with van der Waals surface area (Å²) in [5.41, 5.74) is 0. The van der Waals surface area contributed by atoms with Crippen LogP contribution in [-0.2, 0) is 14.3 Å². The molecule has 2 rings (SSSR count). The fraction of sp³-hybridized carbons (Fsp3) is 0.333. The van der Waals surface area contributed by atoms with Gasteiger partial charge in [-0.25, -0.2) is 4.79 Å². The van der Waals surface area contributed by atoms with Crippen molar-refractivity contribution in [3.63, 3.8) is 0 Å². The molecule has 140 valence electrons. The largest absolute Gasteiger partial charge is 0.479 e. The number of carbonyl (C=O) groups excluding carboxylic acids is 1. The summed E-state index contributed by atoms with van der Waals surface area (Å²) >= 11 is 11.8. The number of pyridine rings is 1. The average molecular weight is 400 g/mol. The molecule has 0 saturated carbocycles. The maximum absolute atomic E-state index is 11.8. The third kappa shape index (κ3) is 6.37. The van der Waals surface area contributed by atoms with E-state index in [9.17, 15) is 4.79 Å². The van der Waals surface area contributed by atoms with Crippen LogP contribution >= 0.6 is 23.2 Å². The lowest BCUT2D eigenvalue weighted by Crippen LogP contribution is -2.27. The predicted molar refractivity (Wildman–Crippen MR) is 98.3 cm³/mol. The molecule has 0 aliphatic carbocycles. The highest BCUT2D eigenvalue weighted by Crippen LogP contribution is 2.29. The van der Waals surface area contributed by atoms with Crippen molar-refractivity contribution in [2.45, 2.75) is 20.0 Å². The Morgan fingerprint density at radius 2 is 1.77 bits per heavy atom. The molecule has 1 atom stereocenters. The lowest BCUT2D eigenvalue weighted by Gasteiger charge is -2.14. The first-order valence-corrected chi connectivity index (χ1v) is 8.76. The van der Waals surface area contributed by atoms with Crippen LogP contribution in [0.15, 0.2) is 36.4 Å². The summed E-state index contributed by atoms with van der Waals surface area (Å²) in [6, 6.07) is 9.84. The van der Waals surface area contributed by atoms with Gasteiger partial charge >= 0.3 is 5.97 Å². The second-order valence-electron chi connectivity index (χ2n) is 5.12. The molecule has 0 spiro atoms. The normalized spacial score (nSPS) is 11.7. The van der Waals surface area contributed by atoms with E-state index < -0.39 is 12.1 Å². The standard InChI is InChI=1S/C18H19Cl2NO5/c1-3-23-10-11-24-18(22)12(2)25-13-4-6-14(7-5-13)26-17-15(19)8-9-16(20)21-17/h4-9,12H,3,10-11H2,1-2H3/t12-/m1/s1. The monoisotopic (exact) mass is 399 g/mol. The van der Waals surface area contributed by atoms with Crippen molar-refractivity contribution in [3.05, 3.63) is 46.6 Å². The van der Waals surface area contributed by atoms with Crippen LogP contribution in [0.1, 0.15) is 13.8 Å². The number of halogens is 2. The zero-order valence-electron chi connectivity index (χ0n) is 14.4. The number of rotatable bonds is 9. The molecule has 0 aliphatic rings. The Kier molecular flexibility index (Phi) is 7.97. The van der Waals surface area contributed by atoms with Crippen molar-refractivity contribution >= 4 is 29.2 Å². The van der Waals surface area contributed by atoms with E-state index in [2.05, 4.69) is 4.98 Å². The van der Waals surface area contributed by atoms with E-state index in [1.165, 1.54) is 0 Å². The summed E-state index contributed by atoms with van der Waals surface area (Å²) in [5, 5.41) is 0.624. The van der Waals surface area contributed by atoms with Crippen molar-refractivity contribution < 1.29 is 23.7 Å². The molecule has 26 heavy (non-hydrogen) atoms. The quantitative estimate of drug-likeness (QED) is 0.350. The third-order valence-corrected chi connectivity index (χ3v) is 3.64. The van der Waals surface area contributed by atoms with Crippen molar-refractivity contribution in [1.29, 1.82) is 0 Å². The molecule has 0 fully saturated rings. The van der Waals surface area contributed by atoms with Crippen LogP contribution in [0, 0.1) is 0 Å². The lowest BCUT2D eigenvalue weighted by molar-refractivity contribution is -0.152. The predicted octanol–water partition coefficient (Wildman–Crippen LogP) is 4.53. The highest BCUT2D eigenvalue weighted by atomic mass is 35.5. The summed E-state index contributed by atoms with van der Waals surface area (Å²) in [4.78, 5) is 15.8. The SMILES string of the molecule is CCOCCOC(=O)[C@@H](C)Oc1ccc(Oc2nc(Cl)ccc2Cl)cc1. The first-order chi connectivity index (χ1) is 12.5. The molecule has 2 aromatic rings. The number of benzene rings is 1. The van der Waals surface area contributed by atoms with Crippen LogP contribution in [0.5, 0.6) is 17.4 Å². The summed E-state index contributed by atoms with van der Waals surface area (Å²) in [6.07, 6.45) is -0.743. The van der Waals surface area contributed by atoms with Crippen LogP contribution in [0.3, 0.4) is 0 Å². The van der Waals surface area contributed by atoms with E-state index >= 15 is 0 Å². The van der Waals surface area contributed by atoms with E-state index in [1.54, 1.807) is 43.3 Å². The molecule has 0 aliphatic heterocycles. The first-order valence-electron chi connectivity index (χ1n) is 8.00. The van der Waals surface area contributed by atoms with Gasteiger partial charge in [-0.05, 0) is 50.2 Å². The fourth-order valence-electron chi connectivity index (χ4n) is 1.89. The van der Waals surface area contributed by atoms with Crippen LogP contribution in [0.4, 0.5) is 0 Å². The molecule has 8 heteroatoms. The smallest absolute Gasteiger partial charge is 0.347 e. The highest BCUT2D eigenvalue weighted by molar-refractivity contribution is 6.33. The fourth-order valence-corrected chi connectivity index (χ4v) is 2.17. The maximum atomic E-state index is 11.8. The molecular formula is C18H19Cl2NO5. The molecule has 0 amide bonds. The number of esters is 1. The van der Waals surface area contributed by atoms with E-state index in [0.29, 0.717) is 29.7 Å². The Morgan fingerprint density at radius 3 is 2.46 bits per heavy atom. The first kappa shape index (κ1) is 20.3. The van der Waals surface area contributed by atoms with Crippen molar-refractivity contribution in [2.24, 2.45) is 0 Å². The molecule has 0 bridgehead atoms. The van der Waals surface area contributed by atoms with E-state index in [1.807, 2.05) is 6.92 Å². The van der Waals surface area contributed by atoms with Gasteiger partial charge in [0.1, 0.15) is 28.3 Å². The van der Waals surface area contributed by atoms with Gasteiger partial charge in [0.05, 0.1) is 6.61 Å². The molecule has 0 unspecified atom stereocenters. The second-order valence-corrected chi connectivity index (χ2v) is 5.91. The summed E-state index contributed by atoms with van der Waals surface area (Å²) < 4.78 is 21.3. The van der Waals surface area contributed by atoms with Gasteiger partial charge in [-0.1, -0.05) is 23.2 Å². The molecule has 1 heterocycles. The van der Waals surface area contributed by atoms with Crippen LogP contribution in [0.2, 0.25) is 10.2 Å². The number of nitrogens with zero attached hydrogens (tertiary/aromatic N) is 1. The van der Waals surface area contributed by atoms with E-state index in [0.717, 1.165) is 0 Å². The zero-order valence-corrected chi connectivity index (χ0v) is 15.9. The molecule has 6 nitrogen and oxygen atoms in total. The minimum atomic E-state index is -0.743. The molecule has 1 aromatic heterocycles. The average Bonchev–Trinajstić information content (AvgIpc) is 2.63. The van der Waals surface area contributed by atoms with Gasteiger partial charge in [0.25, 0.3) is 0 Å². The number of aromatic nitrogens is 1. The molecule has 1 aromatic carbocycles. The van der Waals surface area contributed by atoms with Gasteiger partial charge in [0.15, 0.2) is 6.10 Å². The van der Waals surface area contributed by atoms with E-state index in [4.69, 9.17) is 42.1 Å². The Bertz CT molecular complexity index is 724. The number of hydrogen-bond acceptors (Lipinski definition) is 6. The maximum Gasteiger partial charge on any atom is 0.347 e. The van der Waals surface area contributed by atoms with Gasteiger partial charge in [0, 0.05) is 6.61 Å². The minimum Gasteiger partial charge on any atom is -0.479 e. The Morgan fingerprint density at radius 1 is 1.08 bits per heavy atom. The molecule has 0 radical (unpaired) electrons. The van der Waals surface area contributed by atoms with Gasteiger partial charge < -0.3 is 18.9 Å². The van der Waals surface area contributed by atoms with E-state index in [-0.39, 0.29) is 17.6 Å². The summed E-state index contributed by atoms with van der Waals surface area (Å²) in [6.45, 7) is 4.62. The molecule has 0 N–H and O–H groups in total. The third-order valence-electron chi connectivity index (χ3n) is 3.14. The highest BCUT2D eigenvalue weighted by Gasteiger charge is 2.16. The topological polar surface area (TPSA) is 66.9 Å². The zero-order chi connectivity index (χ0) is 18.9. The van der Waals surface area contributed by atoms with Gasteiger partial charge in [0.2, 0.25) is 5.88 Å². The van der Waals surface area contributed by atoms with Gasteiger partial charge in [-0.15, -0.1) is 0 Å². The minimum absolute atomic E-state index is 0.195. The second kappa shape index (κ2) is 10.2. The number of hydrogen-bond donors (Lipinski definition) is 0. The van der Waals surface area contributed by atoms with Crippen molar-refractivity contribution in [3.8, 4) is 17.4 Å². The van der Waals surface area contributed by atoms with Crippen LogP contribution in [0.25, 0.3) is 0 Å². The Hall–Kier alpha value is -2.02. The summed E-state index contributed by atoms with van der Waals surface area (Å²) in [5.74, 6) is 0.747. The summed E-state index contributed by atoms with van der Waals surface area (Å²) in [7, 11) is 0. The van der Waals surface area contributed by atoms with Crippen molar-refractivity contribution in [1.82, 2.24) is 4.98 Å². The Labute approximate surface area is 161 Å². The van der Waals surface area contributed by atoms with Crippen LogP contribution in [-0.4, -0.2) is 36.9 Å². The molecular weight excluding hydrogens is 381 g/mol. The van der Waals surface area contributed by atoms with Crippen molar-refractivity contribution in [2.75, 3.05) is 19.8 Å². The van der Waals surface area contributed by atoms with Gasteiger partial charge in [-0.3, -0.25) is 0 Å². The lowest BCUT2D eigenvalue weighted by atomic mass is 10.3. The number of ether oxygens (including phenoxy) is 4. The van der Waals surface area contributed by atoms with Crippen LogP contribution < -0.4 is 9.47 Å². The van der Waals surface area contributed by atoms with Gasteiger partial charge in [-0.2, -0.15) is 4.98 Å². The Balaban J connectivity index is 1.88. The molecule has 0 saturated heterocycles. The number of carbonyl (C=O) groups is 1.